The summed E-state index contributed by atoms with van der Waals surface area (Å²) < 4.78 is 0. The minimum Gasteiger partial charge on any atom is -0.334 e. The highest BCUT2D eigenvalue weighted by molar-refractivity contribution is 5.92. The summed E-state index contributed by atoms with van der Waals surface area (Å²) in [5, 5.41) is 2.91. The summed E-state index contributed by atoms with van der Waals surface area (Å²) in [5.74, 6) is -0.146. The summed E-state index contributed by atoms with van der Waals surface area (Å²) in [7, 11) is 0. The molecular weight excluding hydrogens is 306 g/mol. The van der Waals surface area contributed by atoms with Crippen LogP contribution in [0.4, 0.5) is 4.79 Å². The van der Waals surface area contributed by atoms with E-state index in [0.717, 1.165) is 5.56 Å². The van der Waals surface area contributed by atoms with Crippen LogP contribution >= 0.6 is 0 Å². The molecule has 7 heteroatoms. The van der Waals surface area contributed by atoms with Crippen molar-refractivity contribution >= 4 is 11.9 Å². The SMILES string of the molecule is O=C(NCc1ccccc1)N1CCN(C(=O)c2cnccn2)CC1. The van der Waals surface area contributed by atoms with Crippen LogP contribution in [0.2, 0.25) is 0 Å². The van der Waals surface area contributed by atoms with E-state index in [-0.39, 0.29) is 11.9 Å². The zero-order valence-corrected chi connectivity index (χ0v) is 13.3. The molecule has 1 aliphatic rings. The number of piperazine rings is 1. The fourth-order valence-corrected chi connectivity index (χ4v) is 2.57. The highest BCUT2D eigenvalue weighted by Crippen LogP contribution is 2.07. The number of carbonyl (C=O) groups excluding carboxylic acids is 2. The van der Waals surface area contributed by atoms with E-state index in [1.165, 1.54) is 18.6 Å². The Balaban J connectivity index is 1.48. The largest absolute Gasteiger partial charge is 0.334 e. The molecule has 1 fully saturated rings. The molecule has 0 spiro atoms. The van der Waals surface area contributed by atoms with Gasteiger partial charge in [-0.05, 0) is 5.56 Å². The third-order valence-corrected chi connectivity index (χ3v) is 3.92. The van der Waals surface area contributed by atoms with Crippen molar-refractivity contribution < 1.29 is 9.59 Å². The predicted octanol–water partition coefficient (Wildman–Crippen LogP) is 1.14. The molecule has 2 heterocycles. The van der Waals surface area contributed by atoms with Gasteiger partial charge in [0.1, 0.15) is 5.69 Å². The number of aromatic nitrogens is 2. The first kappa shape index (κ1) is 15.9. The minimum absolute atomic E-state index is 0.106. The summed E-state index contributed by atoms with van der Waals surface area (Å²) in [5.41, 5.74) is 1.39. The number of urea groups is 1. The van der Waals surface area contributed by atoms with E-state index in [1.54, 1.807) is 9.80 Å². The van der Waals surface area contributed by atoms with Gasteiger partial charge in [0.2, 0.25) is 0 Å². The molecule has 0 atom stereocenters. The summed E-state index contributed by atoms with van der Waals surface area (Å²) in [4.78, 5) is 35.9. The van der Waals surface area contributed by atoms with Gasteiger partial charge in [0.15, 0.2) is 0 Å². The van der Waals surface area contributed by atoms with Gasteiger partial charge in [-0.25, -0.2) is 9.78 Å². The highest BCUT2D eigenvalue weighted by Gasteiger charge is 2.25. The smallest absolute Gasteiger partial charge is 0.317 e. The van der Waals surface area contributed by atoms with E-state index in [0.29, 0.717) is 38.4 Å². The van der Waals surface area contributed by atoms with E-state index >= 15 is 0 Å². The number of nitrogens with zero attached hydrogens (tertiary/aromatic N) is 4. The van der Waals surface area contributed by atoms with E-state index < -0.39 is 0 Å². The van der Waals surface area contributed by atoms with Crippen LogP contribution in [0.5, 0.6) is 0 Å². The lowest BCUT2D eigenvalue weighted by Gasteiger charge is -2.34. The molecule has 1 N–H and O–H groups in total. The van der Waals surface area contributed by atoms with Gasteiger partial charge in [0.25, 0.3) is 5.91 Å². The van der Waals surface area contributed by atoms with E-state index in [4.69, 9.17) is 0 Å². The summed E-state index contributed by atoms with van der Waals surface area (Å²) in [6.45, 7) is 2.50. The number of carbonyl (C=O) groups is 2. The average molecular weight is 325 g/mol. The first-order valence-corrected chi connectivity index (χ1v) is 7.86. The Bertz CT molecular complexity index is 685. The number of nitrogens with one attached hydrogen (secondary N) is 1. The predicted molar refractivity (Wildman–Crippen MR) is 88.2 cm³/mol. The van der Waals surface area contributed by atoms with Gasteiger partial charge in [0, 0.05) is 45.1 Å². The van der Waals surface area contributed by atoms with Crippen molar-refractivity contribution in [2.45, 2.75) is 6.54 Å². The molecule has 7 nitrogen and oxygen atoms in total. The molecule has 1 saturated heterocycles. The van der Waals surface area contributed by atoms with E-state index in [2.05, 4.69) is 15.3 Å². The van der Waals surface area contributed by atoms with Crippen LogP contribution in [0.1, 0.15) is 16.1 Å². The van der Waals surface area contributed by atoms with Crippen LogP contribution in [-0.2, 0) is 6.54 Å². The zero-order chi connectivity index (χ0) is 16.8. The van der Waals surface area contributed by atoms with Crippen molar-refractivity contribution in [1.29, 1.82) is 0 Å². The Hall–Kier alpha value is -2.96. The quantitative estimate of drug-likeness (QED) is 0.918. The summed E-state index contributed by atoms with van der Waals surface area (Å²) in [6, 6.07) is 9.66. The zero-order valence-electron chi connectivity index (χ0n) is 13.3. The molecule has 2 aromatic rings. The second kappa shape index (κ2) is 7.54. The Labute approximate surface area is 140 Å². The standard InChI is InChI=1S/C17H19N5O2/c23-16(15-13-18-6-7-19-15)21-8-10-22(11-9-21)17(24)20-12-14-4-2-1-3-5-14/h1-7,13H,8-12H2,(H,20,24). The first-order chi connectivity index (χ1) is 11.7. The normalized spacial score (nSPS) is 14.3. The number of benzene rings is 1. The lowest BCUT2D eigenvalue weighted by atomic mass is 10.2. The maximum atomic E-state index is 12.3. The van der Waals surface area contributed by atoms with Crippen molar-refractivity contribution in [2.24, 2.45) is 0 Å². The molecule has 0 aliphatic carbocycles. The van der Waals surface area contributed by atoms with Crippen LogP contribution < -0.4 is 5.32 Å². The maximum absolute atomic E-state index is 12.3. The Morgan fingerprint density at radius 3 is 2.38 bits per heavy atom. The van der Waals surface area contributed by atoms with Gasteiger partial charge >= 0.3 is 6.03 Å². The van der Waals surface area contributed by atoms with Crippen LogP contribution in [0.3, 0.4) is 0 Å². The third-order valence-electron chi connectivity index (χ3n) is 3.92. The number of amides is 3. The molecule has 0 unspecified atom stereocenters. The number of rotatable bonds is 3. The molecule has 1 aliphatic heterocycles. The third kappa shape index (κ3) is 3.87. The van der Waals surface area contributed by atoms with Gasteiger partial charge in [-0.15, -0.1) is 0 Å². The fraction of sp³-hybridized carbons (Fsp3) is 0.294. The van der Waals surface area contributed by atoms with E-state index in [1.807, 2.05) is 30.3 Å². The fourth-order valence-electron chi connectivity index (χ4n) is 2.57. The molecule has 24 heavy (non-hydrogen) atoms. The van der Waals surface area contributed by atoms with Crippen LogP contribution in [0, 0.1) is 0 Å². The van der Waals surface area contributed by atoms with Crippen molar-refractivity contribution in [3.63, 3.8) is 0 Å². The molecule has 3 rings (SSSR count). The van der Waals surface area contributed by atoms with E-state index in [9.17, 15) is 9.59 Å². The van der Waals surface area contributed by atoms with Crippen molar-refractivity contribution in [3.05, 3.63) is 60.2 Å². The van der Waals surface area contributed by atoms with Gasteiger partial charge in [-0.1, -0.05) is 30.3 Å². The highest BCUT2D eigenvalue weighted by atomic mass is 16.2. The molecular formula is C17H19N5O2. The second-order valence-electron chi connectivity index (χ2n) is 5.51. The Morgan fingerprint density at radius 1 is 1.00 bits per heavy atom. The van der Waals surface area contributed by atoms with Crippen molar-refractivity contribution in [2.75, 3.05) is 26.2 Å². The minimum atomic E-state index is -0.146. The lowest BCUT2D eigenvalue weighted by molar-refractivity contribution is 0.0658. The molecule has 0 saturated carbocycles. The maximum Gasteiger partial charge on any atom is 0.317 e. The molecule has 0 bridgehead atoms. The summed E-state index contributed by atoms with van der Waals surface area (Å²) >= 11 is 0. The molecule has 3 amide bonds. The van der Waals surface area contributed by atoms with Crippen LogP contribution in [-0.4, -0.2) is 57.9 Å². The van der Waals surface area contributed by atoms with Gasteiger partial charge < -0.3 is 15.1 Å². The number of hydrogen-bond acceptors (Lipinski definition) is 4. The van der Waals surface area contributed by atoms with Gasteiger partial charge in [-0.2, -0.15) is 0 Å². The second-order valence-corrected chi connectivity index (χ2v) is 5.51. The molecule has 1 aromatic heterocycles. The summed E-state index contributed by atoms with van der Waals surface area (Å²) in [6.07, 6.45) is 4.49. The van der Waals surface area contributed by atoms with Crippen molar-refractivity contribution in [1.82, 2.24) is 25.1 Å². The van der Waals surface area contributed by atoms with Gasteiger partial charge in [-0.3, -0.25) is 9.78 Å². The van der Waals surface area contributed by atoms with Crippen LogP contribution in [0.15, 0.2) is 48.9 Å². The first-order valence-electron chi connectivity index (χ1n) is 7.86. The molecule has 0 radical (unpaired) electrons. The Morgan fingerprint density at radius 2 is 1.71 bits per heavy atom. The van der Waals surface area contributed by atoms with Crippen LogP contribution in [0.25, 0.3) is 0 Å². The topological polar surface area (TPSA) is 78.4 Å². The monoisotopic (exact) mass is 325 g/mol. The Kier molecular flexibility index (Phi) is 5.00. The lowest BCUT2D eigenvalue weighted by Crippen LogP contribution is -2.53. The average Bonchev–Trinajstić information content (AvgIpc) is 2.67. The van der Waals surface area contributed by atoms with Gasteiger partial charge in [0.05, 0.1) is 6.20 Å². The van der Waals surface area contributed by atoms with Crippen molar-refractivity contribution in [3.8, 4) is 0 Å². The molecule has 1 aromatic carbocycles. The molecule has 124 valence electrons. The number of hydrogen-bond donors (Lipinski definition) is 1.